The van der Waals surface area contributed by atoms with E-state index in [-0.39, 0.29) is 35.1 Å². The quantitative estimate of drug-likeness (QED) is 0.610. The SMILES string of the molecule is CN1CCC(n2nc(-c3cccc(OC(F)F)c3)c3c2C[C@H](C(=O)N[C@]2(C)CCS(=O)(=O)C2)CC3)CC1. The Morgan fingerprint density at radius 3 is 2.68 bits per heavy atom. The molecule has 1 N–H and O–H groups in total. The maximum Gasteiger partial charge on any atom is 0.387 e. The molecule has 1 aliphatic carbocycles. The molecular weight excluding hydrogens is 502 g/mol. The van der Waals surface area contributed by atoms with E-state index in [1.807, 2.05) is 6.07 Å². The van der Waals surface area contributed by atoms with E-state index in [2.05, 4.69) is 26.7 Å². The number of sulfone groups is 1. The first-order valence-electron chi connectivity index (χ1n) is 12.9. The molecule has 8 nitrogen and oxygen atoms in total. The monoisotopic (exact) mass is 536 g/mol. The normalized spacial score (nSPS) is 26.2. The number of ether oxygens (including phenoxy) is 1. The maximum absolute atomic E-state index is 13.3. The van der Waals surface area contributed by atoms with E-state index in [1.165, 1.54) is 6.07 Å². The van der Waals surface area contributed by atoms with Gasteiger partial charge in [0.05, 0.1) is 28.8 Å². The molecule has 2 saturated heterocycles. The molecule has 2 fully saturated rings. The lowest BCUT2D eigenvalue weighted by atomic mass is 9.84. The van der Waals surface area contributed by atoms with Crippen LogP contribution in [0.4, 0.5) is 8.78 Å². The smallest absolute Gasteiger partial charge is 0.387 e. The van der Waals surface area contributed by atoms with Gasteiger partial charge < -0.3 is 15.0 Å². The number of rotatable bonds is 6. The summed E-state index contributed by atoms with van der Waals surface area (Å²) in [7, 11) is -1.04. The fraction of sp³-hybridized carbons (Fsp3) is 0.615. The number of hydrogen-bond donors (Lipinski definition) is 1. The number of hydrogen-bond acceptors (Lipinski definition) is 6. The average molecular weight is 537 g/mol. The lowest BCUT2D eigenvalue weighted by Crippen LogP contribution is -2.50. The minimum atomic E-state index is -3.13. The van der Waals surface area contributed by atoms with Crippen LogP contribution in [0.5, 0.6) is 5.75 Å². The number of nitrogens with one attached hydrogen (secondary N) is 1. The zero-order chi connectivity index (χ0) is 26.4. The van der Waals surface area contributed by atoms with Gasteiger partial charge in [0.25, 0.3) is 0 Å². The van der Waals surface area contributed by atoms with Gasteiger partial charge in [-0.25, -0.2) is 8.42 Å². The van der Waals surface area contributed by atoms with Crippen molar-refractivity contribution in [2.75, 3.05) is 31.6 Å². The molecule has 2 aromatic rings. The lowest BCUT2D eigenvalue weighted by molar-refractivity contribution is -0.127. The molecule has 3 heterocycles. The number of aromatic nitrogens is 2. The van der Waals surface area contributed by atoms with E-state index >= 15 is 0 Å². The van der Waals surface area contributed by atoms with Crippen LogP contribution < -0.4 is 10.1 Å². The van der Waals surface area contributed by atoms with E-state index in [1.54, 1.807) is 19.1 Å². The summed E-state index contributed by atoms with van der Waals surface area (Å²) in [5.41, 5.74) is 2.79. The Labute approximate surface area is 216 Å². The second-order valence-electron chi connectivity index (χ2n) is 11.0. The van der Waals surface area contributed by atoms with Crippen molar-refractivity contribution in [1.29, 1.82) is 0 Å². The van der Waals surface area contributed by atoms with Gasteiger partial charge in [0.15, 0.2) is 9.84 Å². The Bertz CT molecular complexity index is 1270. The first kappa shape index (κ1) is 26.1. The van der Waals surface area contributed by atoms with Gasteiger partial charge in [-0.15, -0.1) is 0 Å². The van der Waals surface area contributed by atoms with E-state index < -0.39 is 22.0 Å². The van der Waals surface area contributed by atoms with Gasteiger partial charge in [-0.3, -0.25) is 9.48 Å². The van der Waals surface area contributed by atoms with Crippen LogP contribution in [0.3, 0.4) is 0 Å². The number of alkyl halides is 2. The molecular formula is C26H34F2N4O4S. The molecule has 2 atom stereocenters. The minimum Gasteiger partial charge on any atom is -0.435 e. The predicted molar refractivity (Wildman–Crippen MR) is 135 cm³/mol. The highest BCUT2D eigenvalue weighted by atomic mass is 32.2. The summed E-state index contributed by atoms with van der Waals surface area (Å²) in [6.45, 7) is 0.794. The van der Waals surface area contributed by atoms with Crippen molar-refractivity contribution in [2.24, 2.45) is 5.92 Å². The number of likely N-dealkylation sites (tertiary alicyclic amines) is 1. The lowest BCUT2D eigenvalue weighted by Gasteiger charge is -2.32. The standard InChI is InChI=1S/C26H34F2N4O4S/c1-26(10-13-37(34,35)16-26)29-24(33)18-6-7-21-22(15-18)32(19-8-11-31(2)12-9-19)30-23(21)17-4-3-5-20(14-17)36-25(27)28/h3-5,14,18-19,25H,6-13,15-16H2,1-2H3,(H,29,33)/t18-,26-/m1/s1. The number of piperidine rings is 1. The highest BCUT2D eigenvalue weighted by Gasteiger charge is 2.41. The molecule has 1 aromatic carbocycles. The van der Waals surface area contributed by atoms with E-state index in [9.17, 15) is 22.0 Å². The zero-order valence-electron chi connectivity index (χ0n) is 21.3. The third kappa shape index (κ3) is 5.67. The Kier molecular flexibility index (Phi) is 7.04. The predicted octanol–water partition coefficient (Wildman–Crippen LogP) is 3.22. The minimum absolute atomic E-state index is 0.0294. The fourth-order valence-electron chi connectivity index (χ4n) is 5.96. The molecule has 5 rings (SSSR count). The van der Waals surface area contributed by atoms with Gasteiger partial charge >= 0.3 is 6.61 Å². The van der Waals surface area contributed by atoms with Crippen LogP contribution in [0.2, 0.25) is 0 Å². The second kappa shape index (κ2) is 9.98. The van der Waals surface area contributed by atoms with E-state index in [0.29, 0.717) is 31.2 Å². The van der Waals surface area contributed by atoms with Crippen LogP contribution in [0.1, 0.15) is 49.9 Å². The molecule has 1 amide bonds. The van der Waals surface area contributed by atoms with Crippen molar-refractivity contribution < 1.29 is 26.7 Å². The van der Waals surface area contributed by atoms with Crippen LogP contribution in [0, 0.1) is 5.92 Å². The number of amides is 1. The van der Waals surface area contributed by atoms with Crippen molar-refractivity contribution in [3.8, 4) is 17.0 Å². The number of benzene rings is 1. The first-order valence-corrected chi connectivity index (χ1v) is 14.7. The average Bonchev–Trinajstić information content (AvgIpc) is 3.35. The first-order chi connectivity index (χ1) is 17.5. The molecule has 0 saturated carbocycles. The van der Waals surface area contributed by atoms with Crippen molar-refractivity contribution >= 4 is 15.7 Å². The van der Waals surface area contributed by atoms with Crippen LogP contribution >= 0.6 is 0 Å². The van der Waals surface area contributed by atoms with Crippen molar-refractivity contribution in [2.45, 2.75) is 63.6 Å². The summed E-state index contributed by atoms with van der Waals surface area (Å²) < 4.78 is 56.4. The Balaban J connectivity index is 1.44. The van der Waals surface area contributed by atoms with E-state index in [4.69, 9.17) is 5.10 Å². The summed E-state index contributed by atoms with van der Waals surface area (Å²) in [6, 6.07) is 6.82. The Morgan fingerprint density at radius 2 is 2.00 bits per heavy atom. The van der Waals surface area contributed by atoms with E-state index in [0.717, 1.165) is 42.9 Å². The van der Waals surface area contributed by atoms with Gasteiger partial charge in [0.1, 0.15) is 5.75 Å². The molecule has 1 aromatic heterocycles. The Morgan fingerprint density at radius 1 is 1.24 bits per heavy atom. The van der Waals surface area contributed by atoms with Crippen molar-refractivity contribution in [1.82, 2.24) is 20.0 Å². The van der Waals surface area contributed by atoms with Crippen molar-refractivity contribution in [3.05, 3.63) is 35.5 Å². The van der Waals surface area contributed by atoms with Crippen LogP contribution in [0.15, 0.2) is 24.3 Å². The molecule has 202 valence electrons. The van der Waals surface area contributed by atoms with Gasteiger partial charge in [-0.05, 0) is 71.3 Å². The molecule has 2 aliphatic heterocycles. The largest absolute Gasteiger partial charge is 0.435 e. The molecule has 37 heavy (non-hydrogen) atoms. The summed E-state index contributed by atoms with van der Waals surface area (Å²) in [6.07, 6.45) is 4.05. The fourth-order valence-corrected chi connectivity index (χ4v) is 8.06. The van der Waals surface area contributed by atoms with Crippen molar-refractivity contribution in [3.63, 3.8) is 0 Å². The summed E-state index contributed by atoms with van der Waals surface area (Å²) in [5.74, 6) is -0.244. The second-order valence-corrected chi connectivity index (χ2v) is 13.2. The highest BCUT2D eigenvalue weighted by molar-refractivity contribution is 7.91. The van der Waals surface area contributed by atoms with Crippen LogP contribution in [0.25, 0.3) is 11.3 Å². The van der Waals surface area contributed by atoms with Crippen LogP contribution in [-0.2, 0) is 27.5 Å². The van der Waals surface area contributed by atoms with Crippen LogP contribution in [-0.4, -0.2) is 72.8 Å². The molecule has 0 spiro atoms. The van der Waals surface area contributed by atoms with Gasteiger partial charge in [-0.1, -0.05) is 12.1 Å². The highest BCUT2D eigenvalue weighted by Crippen LogP contribution is 2.38. The molecule has 0 unspecified atom stereocenters. The summed E-state index contributed by atoms with van der Waals surface area (Å²) in [4.78, 5) is 15.6. The Hall–Kier alpha value is -2.53. The number of halogens is 2. The molecule has 0 radical (unpaired) electrons. The number of carbonyl (C=O) groups is 1. The van der Waals surface area contributed by atoms with Gasteiger partial charge in [0.2, 0.25) is 5.91 Å². The summed E-state index contributed by atoms with van der Waals surface area (Å²) >= 11 is 0. The number of nitrogens with zero attached hydrogens (tertiary/aromatic N) is 3. The number of carbonyl (C=O) groups excluding carboxylic acids is 1. The molecule has 3 aliphatic rings. The third-order valence-corrected chi connectivity index (χ3v) is 9.87. The topological polar surface area (TPSA) is 93.5 Å². The summed E-state index contributed by atoms with van der Waals surface area (Å²) in [5, 5.41) is 8.04. The maximum atomic E-state index is 13.3. The molecule has 0 bridgehead atoms. The number of fused-ring (bicyclic) bond motifs is 1. The van der Waals surface area contributed by atoms with Gasteiger partial charge in [-0.2, -0.15) is 13.9 Å². The van der Waals surface area contributed by atoms with Gasteiger partial charge in [0, 0.05) is 29.2 Å². The third-order valence-electron chi connectivity index (χ3n) is 7.97. The zero-order valence-corrected chi connectivity index (χ0v) is 22.1. The molecule has 11 heteroatoms.